The molecule has 0 bridgehead atoms. The van der Waals surface area contributed by atoms with Gasteiger partial charge in [-0.25, -0.2) is 9.97 Å². The Morgan fingerprint density at radius 3 is 2.73 bits per heavy atom. The molecule has 2 aromatic rings. The van der Waals surface area contributed by atoms with E-state index in [1.54, 1.807) is 24.7 Å². The Morgan fingerprint density at radius 2 is 2.13 bits per heavy atom. The number of furan rings is 1. The summed E-state index contributed by atoms with van der Waals surface area (Å²) in [6.45, 7) is 0.496. The second-order valence-corrected chi connectivity index (χ2v) is 4.06. The molecule has 0 spiro atoms. The molecule has 1 atom stereocenters. The van der Waals surface area contributed by atoms with Crippen molar-refractivity contribution >= 4 is 11.8 Å². The van der Waals surface area contributed by atoms with E-state index < -0.39 is 0 Å². The quantitative estimate of drug-likeness (QED) is 0.630. The molecule has 2 rings (SSSR count). The maximum Gasteiger partial charge on any atom is 0.188 e. The fourth-order valence-corrected chi connectivity index (χ4v) is 2.01. The molecular weight excluding hydrogens is 210 g/mol. The molecule has 0 aliphatic heterocycles. The van der Waals surface area contributed by atoms with Gasteiger partial charge in [0, 0.05) is 18.9 Å². The van der Waals surface area contributed by atoms with Crippen molar-refractivity contribution in [1.29, 1.82) is 0 Å². The minimum absolute atomic E-state index is 0.0717. The first kappa shape index (κ1) is 10.2. The maximum absolute atomic E-state index is 5.68. The highest BCUT2D eigenvalue weighted by Gasteiger charge is 2.15. The fraction of sp³-hybridized carbons (Fsp3) is 0.200. The number of rotatable bonds is 4. The highest BCUT2D eigenvalue weighted by molar-refractivity contribution is 7.99. The van der Waals surface area contributed by atoms with Crippen LogP contribution in [0, 0.1) is 0 Å². The van der Waals surface area contributed by atoms with Crippen LogP contribution in [0.3, 0.4) is 0 Å². The van der Waals surface area contributed by atoms with E-state index >= 15 is 0 Å². The second-order valence-electron chi connectivity index (χ2n) is 2.89. The first-order chi connectivity index (χ1) is 7.40. The van der Waals surface area contributed by atoms with Crippen molar-refractivity contribution in [2.75, 3.05) is 6.54 Å². The van der Waals surface area contributed by atoms with Crippen molar-refractivity contribution in [2.45, 2.75) is 10.4 Å². The van der Waals surface area contributed by atoms with E-state index in [1.165, 1.54) is 11.8 Å². The highest BCUT2D eigenvalue weighted by Crippen LogP contribution is 2.31. The van der Waals surface area contributed by atoms with Gasteiger partial charge in [0.2, 0.25) is 0 Å². The lowest BCUT2D eigenvalue weighted by atomic mass is 10.3. The Balaban J connectivity index is 2.10. The second kappa shape index (κ2) is 4.95. The van der Waals surface area contributed by atoms with Gasteiger partial charge in [-0.1, -0.05) is 11.8 Å². The highest BCUT2D eigenvalue weighted by atomic mass is 32.2. The average molecular weight is 221 g/mol. The summed E-state index contributed by atoms with van der Waals surface area (Å²) in [5.74, 6) is 0.856. The molecule has 0 aromatic carbocycles. The zero-order valence-corrected chi connectivity index (χ0v) is 8.85. The molecule has 0 aliphatic rings. The third kappa shape index (κ3) is 2.57. The Labute approximate surface area is 91.9 Å². The first-order valence-corrected chi connectivity index (χ1v) is 5.45. The molecule has 0 fully saturated rings. The molecule has 2 N–H and O–H groups in total. The summed E-state index contributed by atoms with van der Waals surface area (Å²) in [4.78, 5) is 8.26. The molecule has 0 aliphatic carbocycles. The summed E-state index contributed by atoms with van der Waals surface area (Å²) < 4.78 is 5.30. The summed E-state index contributed by atoms with van der Waals surface area (Å²) in [5.41, 5.74) is 5.68. The van der Waals surface area contributed by atoms with Crippen LogP contribution < -0.4 is 5.73 Å². The van der Waals surface area contributed by atoms with Crippen molar-refractivity contribution in [3.05, 3.63) is 42.6 Å². The predicted molar refractivity (Wildman–Crippen MR) is 58.4 cm³/mol. The van der Waals surface area contributed by atoms with Crippen molar-refractivity contribution < 1.29 is 4.42 Å². The van der Waals surface area contributed by atoms with Gasteiger partial charge in [0.15, 0.2) is 5.16 Å². The average Bonchev–Trinajstić information content (AvgIpc) is 2.81. The lowest BCUT2D eigenvalue weighted by molar-refractivity contribution is 0.507. The monoisotopic (exact) mass is 221 g/mol. The van der Waals surface area contributed by atoms with Gasteiger partial charge in [-0.05, 0) is 18.2 Å². The van der Waals surface area contributed by atoms with Gasteiger partial charge < -0.3 is 10.2 Å². The summed E-state index contributed by atoms with van der Waals surface area (Å²) in [6.07, 6.45) is 5.07. The largest absolute Gasteiger partial charge is 0.468 e. The maximum atomic E-state index is 5.68. The SMILES string of the molecule is NCC(Sc1ncccn1)c1ccco1. The van der Waals surface area contributed by atoms with Crippen LogP contribution in [-0.4, -0.2) is 16.5 Å². The van der Waals surface area contributed by atoms with Gasteiger partial charge in [-0.15, -0.1) is 0 Å². The molecule has 2 heterocycles. The zero-order valence-electron chi connectivity index (χ0n) is 8.04. The summed E-state index contributed by atoms with van der Waals surface area (Å²) in [7, 11) is 0. The minimum atomic E-state index is 0.0717. The van der Waals surface area contributed by atoms with Crippen LogP contribution in [0.1, 0.15) is 11.0 Å². The van der Waals surface area contributed by atoms with Gasteiger partial charge in [-0.3, -0.25) is 0 Å². The van der Waals surface area contributed by atoms with Gasteiger partial charge in [0.05, 0.1) is 11.5 Å². The minimum Gasteiger partial charge on any atom is -0.468 e. The van der Waals surface area contributed by atoms with Crippen molar-refractivity contribution in [2.24, 2.45) is 5.73 Å². The van der Waals surface area contributed by atoms with Crippen LogP contribution in [0.5, 0.6) is 0 Å². The van der Waals surface area contributed by atoms with E-state index in [4.69, 9.17) is 10.2 Å². The topological polar surface area (TPSA) is 64.9 Å². The number of aromatic nitrogens is 2. The number of nitrogens with two attached hydrogens (primary N) is 1. The number of thioether (sulfide) groups is 1. The zero-order chi connectivity index (χ0) is 10.5. The number of hydrogen-bond acceptors (Lipinski definition) is 5. The summed E-state index contributed by atoms with van der Waals surface area (Å²) in [6, 6.07) is 5.55. The number of nitrogens with zero attached hydrogens (tertiary/aromatic N) is 2. The summed E-state index contributed by atoms with van der Waals surface area (Å²) >= 11 is 1.51. The molecule has 78 valence electrons. The van der Waals surface area contributed by atoms with E-state index in [9.17, 15) is 0 Å². The van der Waals surface area contributed by atoms with Gasteiger partial charge >= 0.3 is 0 Å². The van der Waals surface area contributed by atoms with Crippen molar-refractivity contribution in [3.8, 4) is 0 Å². The molecule has 1 unspecified atom stereocenters. The van der Waals surface area contributed by atoms with Crippen molar-refractivity contribution in [1.82, 2.24) is 9.97 Å². The van der Waals surface area contributed by atoms with Crippen LogP contribution in [0.25, 0.3) is 0 Å². The molecule has 0 amide bonds. The van der Waals surface area contributed by atoms with E-state index in [2.05, 4.69) is 9.97 Å². The van der Waals surface area contributed by atoms with E-state index in [0.29, 0.717) is 11.7 Å². The first-order valence-electron chi connectivity index (χ1n) is 4.57. The van der Waals surface area contributed by atoms with E-state index in [1.807, 2.05) is 12.1 Å². The van der Waals surface area contributed by atoms with Crippen LogP contribution in [-0.2, 0) is 0 Å². The molecule has 0 radical (unpaired) electrons. The van der Waals surface area contributed by atoms with Crippen LogP contribution >= 0.6 is 11.8 Å². The predicted octanol–water partition coefficient (Wildman–Crippen LogP) is 1.86. The molecule has 4 nitrogen and oxygen atoms in total. The van der Waals surface area contributed by atoms with Crippen LogP contribution in [0.15, 0.2) is 46.4 Å². The molecule has 0 saturated heterocycles. The Bertz CT molecular complexity index is 390. The van der Waals surface area contributed by atoms with Crippen LogP contribution in [0.4, 0.5) is 0 Å². The fourth-order valence-electron chi connectivity index (χ4n) is 1.17. The number of hydrogen-bond donors (Lipinski definition) is 1. The molecule has 15 heavy (non-hydrogen) atoms. The Kier molecular flexibility index (Phi) is 3.37. The lowest BCUT2D eigenvalue weighted by Gasteiger charge is -2.09. The smallest absolute Gasteiger partial charge is 0.188 e. The third-order valence-corrected chi connectivity index (χ3v) is 3.00. The van der Waals surface area contributed by atoms with E-state index in [0.717, 1.165) is 5.76 Å². The van der Waals surface area contributed by atoms with Crippen LogP contribution in [0.2, 0.25) is 0 Å². The lowest BCUT2D eigenvalue weighted by Crippen LogP contribution is -2.09. The van der Waals surface area contributed by atoms with Gasteiger partial charge in [-0.2, -0.15) is 0 Å². The Hall–Kier alpha value is -1.33. The Morgan fingerprint density at radius 1 is 1.33 bits per heavy atom. The van der Waals surface area contributed by atoms with Gasteiger partial charge in [0.25, 0.3) is 0 Å². The third-order valence-electron chi connectivity index (χ3n) is 1.86. The van der Waals surface area contributed by atoms with E-state index in [-0.39, 0.29) is 5.25 Å². The van der Waals surface area contributed by atoms with Gasteiger partial charge in [0.1, 0.15) is 5.76 Å². The summed E-state index contributed by atoms with van der Waals surface area (Å²) in [5, 5.41) is 0.784. The molecule has 5 heteroatoms. The van der Waals surface area contributed by atoms with Crippen molar-refractivity contribution in [3.63, 3.8) is 0 Å². The molecule has 0 saturated carbocycles. The molecular formula is C10H11N3OS. The molecule has 2 aromatic heterocycles. The standard InChI is InChI=1S/C10H11N3OS/c11-7-9(8-3-1-6-14-8)15-10-12-4-2-5-13-10/h1-6,9H,7,11H2. The normalized spacial score (nSPS) is 12.6.